The summed E-state index contributed by atoms with van der Waals surface area (Å²) in [6.45, 7) is 16.5. The van der Waals surface area contributed by atoms with Gasteiger partial charge in [-0.2, -0.15) is 0 Å². The summed E-state index contributed by atoms with van der Waals surface area (Å²) < 4.78 is 0. The van der Waals surface area contributed by atoms with Gasteiger partial charge in [-0.15, -0.1) is 0 Å². The molecule has 1 saturated heterocycles. The van der Waals surface area contributed by atoms with Crippen molar-refractivity contribution >= 4 is 0 Å². The zero-order chi connectivity index (χ0) is 12.6. The van der Waals surface area contributed by atoms with Crippen LogP contribution in [0.15, 0.2) is 0 Å². The van der Waals surface area contributed by atoms with Crippen LogP contribution >= 0.6 is 0 Å². The summed E-state index contributed by atoms with van der Waals surface area (Å²) in [5.74, 6) is 0. The number of likely N-dealkylation sites (tertiary alicyclic amines) is 1. The van der Waals surface area contributed by atoms with Gasteiger partial charge in [0.2, 0.25) is 0 Å². The summed E-state index contributed by atoms with van der Waals surface area (Å²) in [4.78, 5) is 5.20. The second-order valence-electron chi connectivity index (χ2n) is 6.93. The maximum Gasteiger partial charge on any atom is 0.0237 e. The molecule has 1 aliphatic heterocycles. The smallest absolute Gasteiger partial charge is 0.0237 e. The van der Waals surface area contributed by atoms with E-state index in [9.17, 15) is 0 Å². The number of nitrogens with zero attached hydrogens (tertiary/aromatic N) is 2. The zero-order valence-corrected chi connectivity index (χ0v) is 12.3. The van der Waals surface area contributed by atoms with Crippen molar-refractivity contribution in [2.45, 2.75) is 71.5 Å². The summed E-state index contributed by atoms with van der Waals surface area (Å²) in [6, 6.07) is 0.731. The molecule has 0 amide bonds. The normalized spacial score (nSPS) is 26.6. The van der Waals surface area contributed by atoms with E-state index in [-0.39, 0.29) is 5.54 Å². The van der Waals surface area contributed by atoms with Gasteiger partial charge in [-0.1, -0.05) is 6.92 Å². The van der Waals surface area contributed by atoms with Gasteiger partial charge >= 0.3 is 0 Å². The van der Waals surface area contributed by atoms with Crippen LogP contribution in [0.5, 0.6) is 0 Å². The highest BCUT2D eigenvalue weighted by molar-refractivity contribution is 5.01. The highest BCUT2D eigenvalue weighted by atomic mass is 15.3. The Morgan fingerprint density at radius 3 is 2.25 bits per heavy atom. The topological polar surface area (TPSA) is 6.48 Å². The third kappa shape index (κ3) is 2.98. The van der Waals surface area contributed by atoms with Gasteiger partial charge in [0.15, 0.2) is 0 Å². The summed E-state index contributed by atoms with van der Waals surface area (Å²) >= 11 is 0. The number of likely N-dealkylation sites (N-methyl/N-ethyl adjacent to an activating group) is 1. The first-order valence-electron chi connectivity index (χ1n) is 6.66. The van der Waals surface area contributed by atoms with E-state index in [4.69, 9.17) is 0 Å². The molecule has 16 heavy (non-hydrogen) atoms. The van der Waals surface area contributed by atoms with Crippen LogP contribution in [0.3, 0.4) is 0 Å². The maximum atomic E-state index is 2.66. The van der Waals surface area contributed by atoms with Gasteiger partial charge in [0.25, 0.3) is 0 Å². The Morgan fingerprint density at radius 2 is 1.88 bits per heavy atom. The summed E-state index contributed by atoms with van der Waals surface area (Å²) in [5, 5.41) is 0. The Bertz CT molecular complexity index is 227. The molecule has 1 atom stereocenters. The second kappa shape index (κ2) is 4.66. The minimum Gasteiger partial charge on any atom is -0.302 e. The van der Waals surface area contributed by atoms with Crippen molar-refractivity contribution in [3.05, 3.63) is 0 Å². The highest BCUT2D eigenvalue weighted by Gasteiger charge is 2.44. The quantitative estimate of drug-likeness (QED) is 0.730. The molecule has 0 saturated carbocycles. The molecule has 1 fully saturated rings. The predicted octanol–water partition coefficient (Wildman–Crippen LogP) is 2.98. The van der Waals surface area contributed by atoms with E-state index < -0.39 is 0 Å². The second-order valence-corrected chi connectivity index (χ2v) is 6.93. The van der Waals surface area contributed by atoms with E-state index in [0.717, 1.165) is 6.04 Å². The van der Waals surface area contributed by atoms with Crippen LogP contribution in [0.1, 0.15) is 54.4 Å². The van der Waals surface area contributed by atoms with Crippen molar-refractivity contribution < 1.29 is 0 Å². The van der Waals surface area contributed by atoms with E-state index in [1.165, 1.54) is 25.9 Å². The average molecular weight is 226 g/mol. The van der Waals surface area contributed by atoms with Crippen molar-refractivity contribution in [1.29, 1.82) is 0 Å². The lowest BCUT2D eigenvalue weighted by Gasteiger charge is -2.42. The Balaban J connectivity index is 2.72. The minimum absolute atomic E-state index is 0.283. The van der Waals surface area contributed by atoms with Crippen molar-refractivity contribution in [2.24, 2.45) is 0 Å². The van der Waals surface area contributed by atoms with E-state index in [0.29, 0.717) is 5.54 Å². The molecule has 1 rings (SSSR count). The lowest BCUT2D eigenvalue weighted by atomic mass is 9.95. The number of rotatable bonds is 3. The molecule has 0 unspecified atom stereocenters. The minimum atomic E-state index is 0.283. The Hall–Kier alpha value is -0.0800. The zero-order valence-electron chi connectivity index (χ0n) is 12.3. The van der Waals surface area contributed by atoms with Crippen LogP contribution in [0, 0.1) is 0 Å². The van der Waals surface area contributed by atoms with Crippen LogP contribution in [0.25, 0.3) is 0 Å². The summed E-state index contributed by atoms with van der Waals surface area (Å²) in [7, 11) is 2.27. The van der Waals surface area contributed by atoms with Gasteiger partial charge in [0, 0.05) is 23.7 Å². The molecule has 0 spiro atoms. The SMILES string of the molecule is CCCN(C)[C@H]1CN(C(C)(C)C)C(C)(C)C1. The Labute approximate surface area is 102 Å². The van der Waals surface area contributed by atoms with Gasteiger partial charge in [0.1, 0.15) is 0 Å². The first kappa shape index (κ1) is 14.0. The third-order valence-electron chi connectivity index (χ3n) is 3.87. The Morgan fingerprint density at radius 1 is 1.31 bits per heavy atom. The van der Waals surface area contributed by atoms with Gasteiger partial charge in [-0.25, -0.2) is 0 Å². The molecule has 0 N–H and O–H groups in total. The molecule has 0 aliphatic carbocycles. The molecule has 2 nitrogen and oxygen atoms in total. The fourth-order valence-corrected chi connectivity index (χ4v) is 3.22. The van der Waals surface area contributed by atoms with Crippen molar-refractivity contribution in [3.8, 4) is 0 Å². The third-order valence-corrected chi connectivity index (χ3v) is 3.87. The van der Waals surface area contributed by atoms with Crippen LogP contribution < -0.4 is 0 Å². The Kier molecular flexibility index (Phi) is 4.07. The van der Waals surface area contributed by atoms with Gasteiger partial charge in [-0.05, 0) is 61.1 Å². The van der Waals surface area contributed by atoms with Crippen molar-refractivity contribution in [1.82, 2.24) is 9.80 Å². The molecular weight excluding hydrogens is 196 g/mol. The van der Waals surface area contributed by atoms with Crippen LogP contribution in [0.4, 0.5) is 0 Å². The van der Waals surface area contributed by atoms with Crippen LogP contribution in [-0.4, -0.2) is 47.1 Å². The molecule has 0 radical (unpaired) electrons. The standard InChI is InChI=1S/C14H30N2/c1-8-9-15(7)12-10-14(5,6)16(11-12)13(2,3)4/h12H,8-11H2,1-7H3/t12-/m1/s1. The molecule has 0 bridgehead atoms. The first-order chi connectivity index (χ1) is 7.18. The van der Waals surface area contributed by atoms with E-state index >= 15 is 0 Å². The average Bonchev–Trinajstić information content (AvgIpc) is 2.41. The van der Waals surface area contributed by atoms with Gasteiger partial charge in [-0.3, -0.25) is 4.90 Å². The first-order valence-corrected chi connectivity index (χ1v) is 6.66. The predicted molar refractivity (Wildman–Crippen MR) is 71.9 cm³/mol. The van der Waals surface area contributed by atoms with Gasteiger partial charge < -0.3 is 4.90 Å². The number of hydrogen-bond acceptors (Lipinski definition) is 2. The lowest BCUT2D eigenvalue weighted by molar-refractivity contribution is 0.0659. The maximum absolute atomic E-state index is 2.66. The molecule has 1 aliphatic rings. The molecule has 0 aromatic heterocycles. The largest absolute Gasteiger partial charge is 0.302 e. The summed E-state index contributed by atoms with van der Waals surface area (Å²) in [5.41, 5.74) is 0.621. The van der Waals surface area contributed by atoms with Crippen LogP contribution in [0.2, 0.25) is 0 Å². The number of hydrogen-bond donors (Lipinski definition) is 0. The fraction of sp³-hybridized carbons (Fsp3) is 1.00. The van der Waals surface area contributed by atoms with E-state index in [2.05, 4.69) is 58.4 Å². The molecule has 0 aromatic rings. The molecule has 0 aromatic carbocycles. The molecular formula is C14H30N2. The van der Waals surface area contributed by atoms with Crippen molar-refractivity contribution in [2.75, 3.05) is 20.1 Å². The van der Waals surface area contributed by atoms with Gasteiger partial charge in [0.05, 0.1) is 0 Å². The summed E-state index contributed by atoms with van der Waals surface area (Å²) in [6.07, 6.45) is 2.55. The molecule has 96 valence electrons. The molecule has 2 heteroatoms. The van der Waals surface area contributed by atoms with E-state index in [1.807, 2.05) is 0 Å². The van der Waals surface area contributed by atoms with E-state index in [1.54, 1.807) is 0 Å². The lowest BCUT2D eigenvalue weighted by Crippen LogP contribution is -2.50. The fourth-order valence-electron chi connectivity index (χ4n) is 3.22. The van der Waals surface area contributed by atoms with Crippen molar-refractivity contribution in [3.63, 3.8) is 0 Å². The van der Waals surface area contributed by atoms with Crippen LogP contribution in [-0.2, 0) is 0 Å². The molecule has 1 heterocycles. The highest BCUT2D eigenvalue weighted by Crippen LogP contribution is 2.36. The monoisotopic (exact) mass is 226 g/mol.